The monoisotopic (exact) mass is 762 g/mol. The van der Waals surface area contributed by atoms with Gasteiger partial charge in [0.2, 0.25) is 0 Å². The average Bonchev–Trinajstić information content (AvgIpc) is 3.11. The summed E-state index contributed by atoms with van der Waals surface area (Å²) in [5.41, 5.74) is -1.52. The molecule has 5 aromatic rings. The summed E-state index contributed by atoms with van der Waals surface area (Å²) >= 11 is 0. The zero-order valence-corrected chi connectivity index (χ0v) is 27.7. The molecule has 2 heterocycles. The Morgan fingerprint density at radius 1 is 0.527 bits per heavy atom. The van der Waals surface area contributed by atoms with Crippen molar-refractivity contribution in [3.63, 3.8) is 0 Å². The second-order valence-electron chi connectivity index (χ2n) is 12.9. The van der Waals surface area contributed by atoms with E-state index < -0.39 is 129 Å². The smallest absolute Gasteiger partial charge is 0.338 e. The molecule has 14 N–H and O–H groups in total. The molecular formula is C37H30O18. The molecule has 2 aliphatic rings. The Morgan fingerprint density at radius 3 is 1.55 bits per heavy atom. The van der Waals surface area contributed by atoms with Gasteiger partial charge in [-0.25, -0.2) is 4.79 Å². The highest BCUT2D eigenvalue weighted by Crippen LogP contribution is 2.57. The number of benzene rings is 5. The van der Waals surface area contributed by atoms with E-state index in [0.29, 0.717) is 0 Å². The minimum Gasteiger partial charge on any atom is -0.508 e. The molecular weight excluding hydrogens is 732 g/mol. The Hall–Kier alpha value is -7.47. The molecule has 7 rings (SSSR count). The Labute approximate surface area is 307 Å². The summed E-state index contributed by atoms with van der Waals surface area (Å²) in [6.07, 6.45) is -6.89. The fraction of sp³-hybridized carbons (Fsp3) is 0.162. The standard InChI is InChI=1S/C37H30O18/c38-14-7-16(39)27-25(8-14)54-36(12-3-20(43)32(49)21(44)4-12)34(51)29(27)28-17(40)10-24-15(30(28)47)9-26(35(53-24)11-1-18(41)31(48)19(42)2-11)55-37(52)13-5-22(45)33(50)23(46)6-13/h1-8,10,26,29,34-36,38-51H,9H2. The molecule has 0 fully saturated rings. The predicted molar refractivity (Wildman–Crippen MR) is 181 cm³/mol. The maximum atomic E-state index is 13.4. The summed E-state index contributed by atoms with van der Waals surface area (Å²) in [5, 5.41) is 147. The lowest BCUT2D eigenvalue weighted by atomic mass is 9.77. The van der Waals surface area contributed by atoms with Gasteiger partial charge in [-0.05, 0) is 36.4 Å². The number of carbonyl (C=O) groups excluding carboxylic acids is 1. The van der Waals surface area contributed by atoms with Crippen molar-refractivity contribution in [3.8, 4) is 86.2 Å². The normalized spacial score (nSPS) is 20.1. The molecule has 0 saturated heterocycles. The molecule has 5 aromatic carbocycles. The number of phenols is 13. The first-order valence-corrected chi connectivity index (χ1v) is 16.1. The van der Waals surface area contributed by atoms with Crippen molar-refractivity contribution in [2.75, 3.05) is 0 Å². The minimum atomic E-state index is -1.87. The van der Waals surface area contributed by atoms with E-state index in [-0.39, 0.29) is 33.8 Å². The van der Waals surface area contributed by atoms with Gasteiger partial charge >= 0.3 is 5.97 Å². The van der Waals surface area contributed by atoms with Crippen molar-refractivity contribution in [2.24, 2.45) is 0 Å². The molecule has 2 aliphatic heterocycles. The van der Waals surface area contributed by atoms with Crippen molar-refractivity contribution in [3.05, 3.63) is 88.0 Å². The van der Waals surface area contributed by atoms with Gasteiger partial charge in [0.05, 0.1) is 11.5 Å². The highest BCUT2D eigenvalue weighted by atomic mass is 16.6. The first kappa shape index (κ1) is 35.9. The van der Waals surface area contributed by atoms with Crippen molar-refractivity contribution in [1.29, 1.82) is 0 Å². The molecule has 5 unspecified atom stereocenters. The first-order chi connectivity index (χ1) is 25.9. The molecule has 0 aliphatic carbocycles. The average molecular weight is 763 g/mol. The van der Waals surface area contributed by atoms with Crippen LogP contribution < -0.4 is 9.47 Å². The molecule has 55 heavy (non-hydrogen) atoms. The van der Waals surface area contributed by atoms with Gasteiger partial charge in [0, 0.05) is 52.4 Å². The third kappa shape index (κ3) is 5.95. The summed E-state index contributed by atoms with van der Waals surface area (Å²) in [4.78, 5) is 13.4. The van der Waals surface area contributed by atoms with Crippen LogP contribution in [0.1, 0.15) is 56.3 Å². The molecule has 0 bridgehead atoms. The van der Waals surface area contributed by atoms with Gasteiger partial charge in [-0.1, -0.05) is 0 Å². The van der Waals surface area contributed by atoms with Crippen LogP contribution in [0.25, 0.3) is 0 Å². The number of hydrogen-bond acceptors (Lipinski definition) is 18. The van der Waals surface area contributed by atoms with Crippen LogP contribution in [-0.4, -0.2) is 89.7 Å². The van der Waals surface area contributed by atoms with Gasteiger partial charge in [0.15, 0.2) is 64.0 Å². The van der Waals surface area contributed by atoms with Gasteiger partial charge in [-0.2, -0.15) is 0 Å². The largest absolute Gasteiger partial charge is 0.508 e. The van der Waals surface area contributed by atoms with Crippen molar-refractivity contribution in [1.82, 2.24) is 0 Å². The fourth-order valence-electron chi connectivity index (χ4n) is 6.85. The van der Waals surface area contributed by atoms with Crippen LogP contribution in [0.4, 0.5) is 0 Å². The quantitative estimate of drug-likeness (QED) is 0.0901. The highest BCUT2D eigenvalue weighted by molar-refractivity contribution is 5.91. The van der Waals surface area contributed by atoms with Gasteiger partial charge in [-0.15, -0.1) is 0 Å². The van der Waals surface area contributed by atoms with E-state index in [1.165, 1.54) is 0 Å². The number of ether oxygens (including phenoxy) is 3. The molecule has 0 spiro atoms. The van der Waals surface area contributed by atoms with E-state index in [1.54, 1.807) is 0 Å². The number of aliphatic hydroxyl groups excluding tert-OH is 1. The molecule has 286 valence electrons. The molecule has 0 saturated carbocycles. The molecule has 18 heteroatoms. The van der Waals surface area contributed by atoms with E-state index in [4.69, 9.17) is 14.2 Å². The Morgan fingerprint density at radius 2 is 1.00 bits per heavy atom. The van der Waals surface area contributed by atoms with Gasteiger partial charge < -0.3 is 85.7 Å². The van der Waals surface area contributed by atoms with Crippen molar-refractivity contribution < 1.29 is 90.5 Å². The molecule has 0 aromatic heterocycles. The van der Waals surface area contributed by atoms with E-state index in [9.17, 15) is 76.3 Å². The summed E-state index contributed by atoms with van der Waals surface area (Å²) in [7, 11) is 0. The second-order valence-corrected chi connectivity index (χ2v) is 12.9. The zero-order chi connectivity index (χ0) is 39.8. The molecule has 0 radical (unpaired) electrons. The van der Waals surface area contributed by atoms with Crippen molar-refractivity contribution >= 4 is 5.97 Å². The Bertz CT molecular complexity index is 2340. The SMILES string of the molecule is O=C(OC1Cc2c(cc(O)c(C3c4c(O)cc(O)cc4OC(c4cc(O)c(O)c(O)c4)C3O)c2O)OC1c1cc(O)c(O)c(O)c1)c1cc(O)c(O)c(O)c1. The molecule has 0 amide bonds. The second kappa shape index (κ2) is 12.9. The van der Waals surface area contributed by atoms with Gasteiger partial charge in [0.25, 0.3) is 0 Å². The number of fused-ring (bicyclic) bond motifs is 2. The lowest BCUT2D eigenvalue weighted by molar-refractivity contribution is -0.0191. The first-order valence-electron chi connectivity index (χ1n) is 16.1. The lowest BCUT2D eigenvalue weighted by Gasteiger charge is -2.39. The lowest BCUT2D eigenvalue weighted by Crippen LogP contribution is -2.36. The topological polar surface area (TPSA) is 328 Å². The number of aliphatic hydroxyl groups is 1. The third-order valence-electron chi connectivity index (χ3n) is 9.42. The van der Waals surface area contributed by atoms with E-state index in [1.807, 2.05) is 0 Å². The summed E-state index contributed by atoms with van der Waals surface area (Å²) in [6.45, 7) is 0. The maximum Gasteiger partial charge on any atom is 0.338 e. The van der Waals surface area contributed by atoms with Crippen LogP contribution in [0.5, 0.6) is 86.2 Å². The number of esters is 1. The predicted octanol–water partition coefficient (Wildman–Crippen LogP) is 3.39. The number of aromatic hydroxyl groups is 13. The van der Waals surface area contributed by atoms with Crippen molar-refractivity contribution in [2.45, 2.75) is 36.8 Å². The van der Waals surface area contributed by atoms with Crippen LogP contribution in [-0.2, 0) is 11.2 Å². The van der Waals surface area contributed by atoms with E-state index in [2.05, 4.69) is 0 Å². The van der Waals surface area contributed by atoms with Crippen LogP contribution in [0.2, 0.25) is 0 Å². The van der Waals surface area contributed by atoms with Gasteiger partial charge in [0.1, 0.15) is 46.7 Å². The zero-order valence-electron chi connectivity index (χ0n) is 27.7. The Kier molecular flexibility index (Phi) is 8.41. The summed E-state index contributed by atoms with van der Waals surface area (Å²) < 4.78 is 17.6. The van der Waals surface area contributed by atoms with E-state index >= 15 is 0 Å². The minimum absolute atomic E-state index is 0.0857. The fourth-order valence-corrected chi connectivity index (χ4v) is 6.85. The van der Waals surface area contributed by atoms with Crippen LogP contribution in [0.3, 0.4) is 0 Å². The van der Waals surface area contributed by atoms with Crippen LogP contribution >= 0.6 is 0 Å². The summed E-state index contributed by atoms with van der Waals surface area (Å²) in [6, 6.07) is 8.41. The van der Waals surface area contributed by atoms with E-state index in [0.717, 1.165) is 54.6 Å². The molecule has 18 nitrogen and oxygen atoms in total. The molecule has 5 atom stereocenters. The van der Waals surface area contributed by atoms with Crippen LogP contribution in [0, 0.1) is 0 Å². The number of carbonyl (C=O) groups is 1. The highest BCUT2D eigenvalue weighted by Gasteiger charge is 2.46. The van der Waals surface area contributed by atoms with Crippen LogP contribution in [0.15, 0.2) is 54.6 Å². The van der Waals surface area contributed by atoms with Gasteiger partial charge in [-0.3, -0.25) is 0 Å². The number of rotatable bonds is 5. The summed E-state index contributed by atoms with van der Waals surface area (Å²) in [5.74, 6) is -13.6. The maximum absolute atomic E-state index is 13.4. The third-order valence-corrected chi connectivity index (χ3v) is 9.42. The Balaban J connectivity index is 1.36. The number of phenolic OH excluding ortho intramolecular Hbond substituents is 13. The number of hydrogen-bond donors (Lipinski definition) is 14.